The van der Waals surface area contributed by atoms with Gasteiger partial charge in [-0.15, -0.1) is 0 Å². The zero-order valence-corrected chi connectivity index (χ0v) is 36.3. The highest BCUT2D eigenvalue weighted by Crippen LogP contribution is 2.50. The number of benzene rings is 4. The van der Waals surface area contributed by atoms with Gasteiger partial charge in [0.15, 0.2) is 12.5 Å². The predicted octanol–water partition coefficient (Wildman–Crippen LogP) is 8.05. The Morgan fingerprint density at radius 2 is 0.931 bits per heavy atom. The Bertz CT molecular complexity index is 2280. The maximum atomic E-state index is 14.7. The molecule has 4 atom stereocenters. The molecule has 2 heterocycles. The molecule has 2 fully saturated rings. The molecule has 0 N–H and O–H groups in total. The first-order chi connectivity index (χ1) is 27.3. The van der Waals surface area contributed by atoms with Gasteiger partial charge >= 0.3 is 11.9 Å². The first kappa shape index (κ1) is 43.1. The lowest BCUT2D eigenvalue weighted by atomic mass is 9.96. The van der Waals surface area contributed by atoms with Gasteiger partial charge in [-0.05, 0) is 76.6 Å². The minimum absolute atomic E-state index is 0.00554. The number of para-hydroxylation sites is 2. The van der Waals surface area contributed by atoms with E-state index < -0.39 is 56.5 Å². The van der Waals surface area contributed by atoms with Gasteiger partial charge in [0, 0.05) is 36.1 Å². The summed E-state index contributed by atoms with van der Waals surface area (Å²) in [5.74, 6) is -1.38. The first-order valence-electron chi connectivity index (χ1n) is 19.4. The number of carbonyl (C=O) groups is 2. The molecule has 6 rings (SSSR count). The minimum atomic E-state index is -4.18. The van der Waals surface area contributed by atoms with Crippen molar-refractivity contribution in [2.24, 2.45) is 0 Å². The Kier molecular flexibility index (Phi) is 12.4. The summed E-state index contributed by atoms with van der Waals surface area (Å²) in [4.78, 5) is 26.2. The Hall–Kier alpha value is -4.44. The molecule has 4 aromatic rings. The average Bonchev–Trinajstić information content (AvgIpc) is 3.76. The van der Waals surface area contributed by atoms with Crippen LogP contribution < -0.4 is 9.47 Å². The molecule has 4 aromatic carbocycles. The summed E-state index contributed by atoms with van der Waals surface area (Å²) in [7, 11) is -8.36. The lowest BCUT2D eigenvalue weighted by molar-refractivity contribution is -0.133. The summed E-state index contributed by atoms with van der Waals surface area (Å²) in [5, 5.41) is 0. The van der Waals surface area contributed by atoms with Crippen molar-refractivity contribution in [2.75, 3.05) is 13.2 Å². The molecule has 0 saturated carbocycles. The fraction of sp³-hybridized carbons (Fsp3) is 0.409. The third kappa shape index (κ3) is 7.85. The molecule has 0 aliphatic carbocycles. The van der Waals surface area contributed by atoms with Crippen molar-refractivity contribution in [3.8, 4) is 22.6 Å². The molecule has 0 bridgehead atoms. The van der Waals surface area contributed by atoms with Crippen LogP contribution in [0.1, 0.15) is 97.5 Å². The molecule has 0 aromatic heterocycles. The van der Waals surface area contributed by atoms with E-state index in [1.807, 2.05) is 52.0 Å². The lowest BCUT2D eigenvalue weighted by Crippen LogP contribution is -2.39. The number of hydrogen-bond donors (Lipinski definition) is 0. The van der Waals surface area contributed by atoms with Gasteiger partial charge in [0.1, 0.15) is 11.5 Å². The van der Waals surface area contributed by atoms with Crippen LogP contribution in [-0.2, 0) is 39.1 Å². The van der Waals surface area contributed by atoms with E-state index in [0.29, 0.717) is 35.1 Å². The van der Waals surface area contributed by atoms with E-state index in [4.69, 9.17) is 18.9 Å². The van der Waals surface area contributed by atoms with Gasteiger partial charge in [-0.3, -0.25) is 9.59 Å². The third-order valence-electron chi connectivity index (χ3n) is 10.7. The van der Waals surface area contributed by atoms with Crippen LogP contribution in [0.25, 0.3) is 11.1 Å². The highest BCUT2D eigenvalue weighted by molar-refractivity contribution is 7.89. The standard InChI is InChI=1S/C44H52N2O10S2/c1-11-33-23-53-43(45(33)57(49,50)41-27(5)19-25(3)20-28(41)6)37-17-13-15-35(39(37)55-31(9)47)36-16-14-18-38(40(36)56-32(10)48)44-46(34(12-2)24-54-44)58(51,52)42-29(7)21-26(4)22-30(42)8/h13-22,33-34,43-44H,11-12,23-24H2,1-10H3/t33-,34-,43-,44-/m0/s1. The molecule has 14 heteroatoms. The maximum Gasteiger partial charge on any atom is 0.308 e. The van der Waals surface area contributed by atoms with E-state index >= 15 is 0 Å². The smallest absolute Gasteiger partial charge is 0.308 e. The second-order valence-corrected chi connectivity index (χ2v) is 18.8. The van der Waals surface area contributed by atoms with Gasteiger partial charge in [0.05, 0.1) is 35.1 Å². The van der Waals surface area contributed by atoms with Crippen LogP contribution >= 0.6 is 0 Å². The highest BCUT2D eigenvalue weighted by atomic mass is 32.2. The predicted molar refractivity (Wildman–Crippen MR) is 219 cm³/mol. The van der Waals surface area contributed by atoms with Crippen molar-refractivity contribution < 1.29 is 45.4 Å². The van der Waals surface area contributed by atoms with Crippen LogP contribution in [0.2, 0.25) is 0 Å². The van der Waals surface area contributed by atoms with Gasteiger partial charge in [-0.2, -0.15) is 8.61 Å². The zero-order valence-electron chi connectivity index (χ0n) is 34.7. The van der Waals surface area contributed by atoms with E-state index in [1.165, 1.54) is 22.5 Å². The Morgan fingerprint density at radius 1 is 0.603 bits per heavy atom. The fourth-order valence-electron chi connectivity index (χ4n) is 8.57. The third-order valence-corrected chi connectivity index (χ3v) is 15.1. The number of carbonyl (C=O) groups excluding carboxylic acids is 2. The number of nitrogens with zero attached hydrogens (tertiary/aromatic N) is 2. The van der Waals surface area contributed by atoms with Gasteiger partial charge in [-0.25, -0.2) is 16.8 Å². The van der Waals surface area contributed by atoms with Crippen LogP contribution in [-0.4, -0.2) is 62.7 Å². The number of aryl methyl sites for hydroxylation is 6. The number of esters is 2. The fourth-order valence-corrected chi connectivity index (χ4v) is 12.9. The number of ether oxygens (including phenoxy) is 4. The van der Waals surface area contributed by atoms with Crippen LogP contribution in [0.5, 0.6) is 11.5 Å². The van der Waals surface area contributed by atoms with E-state index in [0.717, 1.165) is 11.1 Å². The number of rotatable bonds is 11. The van der Waals surface area contributed by atoms with Crippen molar-refractivity contribution in [3.05, 3.63) is 105 Å². The van der Waals surface area contributed by atoms with Gasteiger partial charge in [0.2, 0.25) is 20.0 Å². The monoisotopic (exact) mass is 832 g/mol. The second-order valence-electron chi connectivity index (χ2n) is 15.3. The normalized spacial score (nSPS) is 20.4. The van der Waals surface area contributed by atoms with Crippen molar-refractivity contribution in [3.63, 3.8) is 0 Å². The first-order valence-corrected chi connectivity index (χ1v) is 22.3. The topological polar surface area (TPSA) is 146 Å². The van der Waals surface area contributed by atoms with E-state index in [2.05, 4.69) is 0 Å². The van der Waals surface area contributed by atoms with Gasteiger partial charge in [0.25, 0.3) is 0 Å². The van der Waals surface area contributed by atoms with E-state index in [1.54, 1.807) is 64.1 Å². The molecule has 2 aliphatic rings. The lowest BCUT2D eigenvalue weighted by Gasteiger charge is -2.30. The Balaban J connectivity index is 1.55. The molecule has 310 valence electrons. The molecule has 0 radical (unpaired) electrons. The second kappa shape index (κ2) is 16.7. The Morgan fingerprint density at radius 3 is 1.22 bits per heavy atom. The molecule has 0 amide bonds. The van der Waals surface area contributed by atoms with Crippen molar-refractivity contribution in [2.45, 2.75) is 116 Å². The van der Waals surface area contributed by atoms with Crippen molar-refractivity contribution in [1.29, 1.82) is 0 Å². The van der Waals surface area contributed by atoms with E-state index in [9.17, 15) is 26.4 Å². The summed E-state index contributed by atoms with van der Waals surface area (Å²) in [5.41, 5.74) is 5.31. The molecular formula is C44H52N2O10S2. The SMILES string of the molecule is CC[C@H]1CO[C@@H](c2cccc(-c3cccc([C@@H]4OC[C@H](CC)N4S(=O)(=O)c4c(C)cc(C)cc4C)c3OC(C)=O)c2OC(C)=O)N1S(=O)(=O)c1c(C)cc(C)cc1C. The zero-order chi connectivity index (χ0) is 42.4. The summed E-state index contributed by atoms with van der Waals surface area (Å²) in [6.07, 6.45) is -1.51. The molecule has 12 nitrogen and oxygen atoms in total. The number of hydrogen-bond acceptors (Lipinski definition) is 10. The molecule has 2 saturated heterocycles. The van der Waals surface area contributed by atoms with Gasteiger partial charge in [-0.1, -0.05) is 85.6 Å². The molecular weight excluding hydrogens is 781 g/mol. The minimum Gasteiger partial charge on any atom is -0.426 e. The Labute approximate surface area is 342 Å². The summed E-state index contributed by atoms with van der Waals surface area (Å²) >= 11 is 0. The highest BCUT2D eigenvalue weighted by Gasteiger charge is 2.48. The molecule has 0 unspecified atom stereocenters. The molecule has 0 spiro atoms. The van der Waals surface area contributed by atoms with Crippen LogP contribution in [0.15, 0.2) is 70.5 Å². The summed E-state index contributed by atoms with van der Waals surface area (Å²) in [6.45, 7) is 17.3. The van der Waals surface area contributed by atoms with Gasteiger partial charge < -0.3 is 18.9 Å². The van der Waals surface area contributed by atoms with Crippen LogP contribution in [0.3, 0.4) is 0 Å². The largest absolute Gasteiger partial charge is 0.426 e. The number of sulfonamides is 2. The summed E-state index contributed by atoms with van der Waals surface area (Å²) in [6, 6.07) is 16.2. The maximum absolute atomic E-state index is 14.7. The van der Waals surface area contributed by atoms with Crippen LogP contribution in [0, 0.1) is 41.5 Å². The quantitative estimate of drug-likeness (QED) is 0.108. The molecule has 2 aliphatic heterocycles. The van der Waals surface area contributed by atoms with Crippen molar-refractivity contribution in [1.82, 2.24) is 8.61 Å². The molecule has 58 heavy (non-hydrogen) atoms. The van der Waals surface area contributed by atoms with Crippen molar-refractivity contribution >= 4 is 32.0 Å². The average molecular weight is 833 g/mol. The van der Waals surface area contributed by atoms with Crippen LogP contribution in [0.4, 0.5) is 0 Å². The van der Waals surface area contributed by atoms with E-state index in [-0.39, 0.29) is 56.8 Å². The summed E-state index contributed by atoms with van der Waals surface area (Å²) < 4.78 is 86.1.